The van der Waals surface area contributed by atoms with Crippen LogP contribution in [-0.2, 0) is 0 Å². The number of hydrogen-bond acceptors (Lipinski definition) is 2. The number of piperidine rings is 1. The van der Waals surface area contributed by atoms with Crippen LogP contribution in [0.2, 0.25) is 0 Å². The number of nitrogens with one attached hydrogen (secondary N) is 1. The molecule has 0 amide bonds. The van der Waals surface area contributed by atoms with Gasteiger partial charge in [-0.2, -0.15) is 0 Å². The average molecular weight is 319 g/mol. The molecule has 1 N–H and O–H groups in total. The third-order valence-electron chi connectivity index (χ3n) is 3.29. The van der Waals surface area contributed by atoms with Crippen molar-refractivity contribution in [1.82, 2.24) is 5.32 Å². The van der Waals surface area contributed by atoms with E-state index in [0.717, 1.165) is 38.5 Å². The molecule has 0 saturated carbocycles. The van der Waals surface area contributed by atoms with Crippen molar-refractivity contribution < 1.29 is 8.78 Å². The van der Waals surface area contributed by atoms with Crippen molar-refractivity contribution in [2.75, 3.05) is 24.5 Å². The molecule has 1 aromatic rings. The van der Waals surface area contributed by atoms with E-state index in [1.165, 1.54) is 6.07 Å². The summed E-state index contributed by atoms with van der Waals surface area (Å²) in [7, 11) is 0. The summed E-state index contributed by atoms with van der Waals surface area (Å²) in [5.41, 5.74) is 0.478. The Kier molecular flexibility index (Phi) is 4.56. The van der Waals surface area contributed by atoms with Gasteiger partial charge in [0.25, 0.3) is 0 Å². The van der Waals surface area contributed by atoms with Crippen molar-refractivity contribution in [3.8, 4) is 0 Å². The van der Waals surface area contributed by atoms with Crippen LogP contribution in [-0.4, -0.2) is 25.7 Å². The molecule has 100 valence electrons. The Morgan fingerprint density at radius 2 is 2.00 bits per heavy atom. The Hall–Kier alpha value is -0.680. The van der Waals surface area contributed by atoms with E-state index in [-0.39, 0.29) is 0 Å². The van der Waals surface area contributed by atoms with Crippen LogP contribution in [0.1, 0.15) is 19.8 Å². The van der Waals surface area contributed by atoms with E-state index in [9.17, 15) is 8.78 Å². The zero-order valence-electron chi connectivity index (χ0n) is 10.3. The SMILES string of the molecule is CCNC1CCN(c2c(F)cc(F)cc2Br)CC1. The second-order valence-electron chi connectivity index (χ2n) is 4.54. The first kappa shape index (κ1) is 13.7. The van der Waals surface area contributed by atoms with E-state index in [2.05, 4.69) is 28.2 Å². The highest BCUT2D eigenvalue weighted by molar-refractivity contribution is 9.10. The van der Waals surface area contributed by atoms with Gasteiger partial charge in [-0.15, -0.1) is 0 Å². The maximum Gasteiger partial charge on any atom is 0.150 e. The molecular weight excluding hydrogens is 302 g/mol. The first-order valence-electron chi connectivity index (χ1n) is 6.24. The minimum atomic E-state index is -0.550. The summed E-state index contributed by atoms with van der Waals surface area (Å²) in [5.74, 6) is -1.05. The van der Waals surface area contributed by atoms with E-state index >= 15 is 0 Å². The average Bonchev–Trinajstić information content (AvgIpc) is 2.30. The van der Waals surface area contributed by atoms with E-state index in [1.54, 1.807) is 0 Å². The predicted octanol–water partition coefficient (Wildman–Crippen LogP) is 3.31. The predicted molar refractivity (Wildman–Crippen MR) is 73.0 cm³/mol. The number of nitrogens with zero attached hydrogens (tertiary/aromatic N) is 1. The molecule has 0 radical (unpaired) electrons. The third-order valence-corrected chi connectivity index (χ3v) is 3.89. The Bertz CT molecular complexity index is 394. The van der Waals surface area contributed by atoms with Crippen LogP contribution in [0.25, 0.3) is 0 Å². The van der Waals surface area contributed by atoms with Crippen LogP contribution < -0.4 is 10.2 Å². The van der Waals surface area contributed by atoms with Gasteiger partial charge in [-0.25, -0.2) is 8.78 Å². The van der Waals surface area contributed by atoms with E-state index in [0.29, 0.717) is 16.2 Å². The first-order chi connectivity index (χ1) is 8.61. The molecule has 0 spiro atoms. The van der Waals surface area contributed by atoms with E-state index in [1.807, 2.05) is 4.90 Å². The molecule has 2 rings (SSSR count). The summed E-state index contributed by atoms with van der Waals surface area (Å²) in [6.45, 7) is 4.62. The highest BCUT2D eigenvalue weighted by atomic mass is 79.9. The molecule has 1 aliphatic rings. The van der Waals surface area contributed by atoms with Gasteiger partial charge in [-0.05, 0) is 41.4 Å². The second kappa shape index (κ2) is 5.97. The molecule has 1 heterocycles. The highest BCUT2D eigenvalue weighted by Crippen LogP contribution is 2.32. The minimum absolute atomic E-state index is 0.478. The van der Waals surface area contributed by atoms with Gasteiger partial charge in [-0.3, -0.25) is 0 Å². The standard InChI is InChI=1S/C13H17BrF2N2/c1-2-17-10-3-5-18(6-4-10)13-11(14)7-9(15)8-12(13)16/h7-8,10,17H,2-6H2,1H3. The van der Waals surface area contributed by atoms with Gasteiger partial charge in [0.1, 0.15) is 5.82 Å². The summed E-state index contributed by atoms with van der Waals surface area (Å²) in [4.78, 5) is 1.98. The van der Waals surface area contributed by atoms with Crippen LogP contribution >= 0.6 is 15.9 Å². The van der Waals surface area contributed by atoms with Crippen molar-refractivity contribution in [3.63, 3.8) is 0 Å². The van der Waals surface area contributed by atoms with Crippen molar-refractivity contribution in [1.29, 1.82) is 0 Å². The number of anilines is 1. The van der Waals surface area contributed by atoms with Crippen LogP contribution in [0.15, 0.2) is 16.6 Å². The summed E-state index contributed by atoms with van der Waals surface area (Å²) >= 11 is 3.24. The molecule has 0 aromatic heterocycles. The lowest BCUT2D eigenvalue weighted by atomic mass is 10.0. The van der Waals surface area contributed by atoms with Gasteiger partial charge < -0.3 is 10.2 Å². The number of benzene rings is 1. The molecule has 5 heteroatoms. The Morgan fingerprint density at radius 1 is 1.33 bits per heavy atom. The van der Waals surface area contributed by atoms with Crippen LogP contribution in [0.5, 0.6) is 0 Å². The van der Waals surface area contributed by atoms with Crippen molar-refractivity contribution in [3.05, 3.63) is 28.2 Å². The molecule has 1 aliphatic heterocycles. The van der Waals surface area contributed by atoms with Gasteiger partial charge in [0.15, 0.2) is 5.82 Å². The van der Waals surface area contributed by atoms with Crippen LogP contribution in [0.4, 0.5) is 14.5 Å². The van der Waals surface area contributed by atoms with Gasteiger partial charge in [0.05, 0.1) is 5.69 Å². The molecule has 0 aliphatic carbocycles. The second-order valence-corrected chi connectivity index (χ2v) is 5.39. The monoisotopic (exact) mass is 318 g/mol. The summed E-state index contributed by atoms with van der Waals surface area (Å²) in [5, 5.41) is 3.40. The summed E-state index contributed by atoms with van der Waals surface area (Å²) < 4.78 is 27.3. The van der Waals surface area contributed by atoms with Crippen LogP contribution in [0.3, 0.4) is 0 Å². The molecule has 0 atom stereocenters. The molecule has 0 unspecified atom stereocenters. The maximum atomic E-state index is 13.8. The molecule has 18 heavy (non-hydrogen) atoms. The minimum Gasteiger partial charge on any atom is -0.368 e. The molecule has 1 saturated heterocycles. The fourth-order valence-corrected chi connectivity index (χ4v) is 3.09. The maximum absolute atomic E-state index is 13.8. The largest absolute Gasteiger partial charge is 0.368 e. The molecule has 1 fully saturated rings. The zero-order chi connectivity index (χ0) is 13.1. The van der Waals surface area contributed by atoms with Gasteiger partial charge in [0.2, 0.25) is 0 Å². The van der Waals surface area contributed by atoms with E-state index in [4.69, 9.17) is 0 Å². The smallest absolute Gasteiger partial charge is 0.150 e. The third kappa shape index (κ3) is 3.01. The Balaban J connectivity index is 2.10. The topological polar surface area (TPSA) is 15.3 Å². The lowest BCUT2D eigenvalue weighted by Crippen LogP contribution is -2.42. The van der Waals surface area contributed by atoms with Gasteiger partial charge >= 0.3 is 0 Å². The fourth-order valence-electron chi connectivity index (χ4n) is 2.43. The Labute approximate surface area is 114 Å². The van der Waals surface area contributed by atoms with Gasteiger partial charge in [-0.1, -0.05) is 6.92 Å². The van der Waals surface area contributed by atoms with Gasteiger partial charge in [0, 0.05) is 29.7 Å². The fraction of sp³-hybridized carbons (Fsp3) is 0.538. The van der Waals surface area contributed by atoms with Crippen molar-refractivity contribution >= 4 is 21.6 Å². The normalized spacial score (nSPS) is 17.2. The summed E-state index contributed by atoms with van der Waals surface area (Å²) in [6, 6.07) is 2.76. The number of rotatable bonds is 3. The first-order valence-corrected chi connectivity index (χ1v) is 7.04. The number of hydrogen-bond donors (Lipinski definition) is 1. The zero-order valence-corrected chi connectivity index (χ0v) is 11.9. The lowest BCUT2D eigenvalue weighted by Gasteiger charge is -2.34. The van der Waals surface area contributed by atoms with Crippen molar-refractivity contribution in [2.24, 2.45) is 0 Å². The van der Waals surface area contributed by atoms with Crippen LogP contribution in [0, 0.1) is 11.6 Å². The molecule has 2 nitrogen and oxygen atoms in total. The quantitative estimate of drug-likeness (QED) is 0.919. The number of halogens is 3. The Morgan fingerprint density at radius 3 is 2.56 bits per heavy atom. The van der Waals surface area contributed by atoms with Crippen molar-refractivity contribution in [2.45, 2.75) is 25.8 Å². The molecule has 0 bridgehead atoms. The van der Waals surface area contributed by atoms with E-state index < -0.39 is 11.6 Å². The lowest BCUT2D eigenvalue weighted by molar-refractivity contribution is 0.420. The highest BCUT2D eigenvalue weighted by Gasteiger charge is 2.22. The molecular formula is C13H17BrF2N2. The molecule has 1 aromatic carbocycles. The summed E-state index contributed by atoms with van der Waals surface area (Å²) in [6.07, 6.45) is 1.97.